The topological polar surface area (TPSA) is 53.1 Å². The van der Waals surface area contributed by atoms with Gasteiger partial charge in [0.15, 0.2) is 11.6 Å². The number of hydrogen-bond donors (Lipinski definition) is 1. The first-order valence-corrected chi connectivity index (χ1v) is 6.16. The van der Waals surface area contributed by atoms with Crippen LogP contribution in [0.3, 0.4) is 0 Å². The fourth-order valence-corrected chi connectivity index (χ4v) is 1.91. The molecule has 19 heavy (non-hydrogen) atoms. The van der Waals surface area contributed by atoms with E-state index in [0.29, 0.717) is 5.69 Å². The van der Waals surface area contributed by atoms with Crippen LogP contribution < -0.4 is 10.5 Å². The van der Waals surface area contributed by atoms with Gasteiger partial charge in [-0.3, -0.25) is 0 Å². The maximum atomic E-state index is 13.7. The molecule has 5 heteroatoms. The summed E-state index contributed by atoms with van der Waals surface area (Å²) in [6, 6.07) is 4.64. The van der Waals surface area contributed by atoms with E-state index in [1.165, 1.54) is 13.2 Å². The minimum atomic E-state index is -0.405. The van der Waals surface area contributed by atoms with E-state index >= 15 is 0 Å². The van der Waals surface area contributed by atoms with E-state index in [-0.39, 0.29) is 17.7 Å². The van der Waals surface area contributed by atoms with Gasteiger partial charge in [-0.25, -0.2) is 9.37 Å². The van der Waals surface area contributed by atoms with E-state index in [9.17, 15) is 4.39 Å². The average Bonchev–Trinajstić information content (AvgIpc) is 2.86. The summed E-state index contributed by atoms with van der Waals surface area (Å²) >= 11 is 0. The van der Waals surface area contributed by atoms with Gasteiger partial charge < -0.3 is 15.0 Å². The van der Waals surface area contributed by atoms with Crippen molar-refractivity contribution in [3.8, 4) is 11.4 Å². The molecular weight excluding hydrogens is 245 g/mol. The largest absolute Gasteiger partial charge is 0.494 e. The van der Waals surface area contributed by atoms with Crippen LogP contribution in [0, 0.1) is 11.7 Å². The highest BCUT2D eigenvalue weighted by Gasteiger charge is 2.16. The van der Waals surface area contributed by atoms with E-state index in [1.807, 2.05) is 13.8 Å². The molecule has 1 heterocycles. The smallest absolute Gasteiger partial charge is 0.167 e. The molecule has 4 nitrogen and oxygen atoms in total. The molecule has 0 radical (unpaired) electrons. The van der Waals surface area contributed by atoms with Crippen molar-refractivity contribution in [2.75, 3.05) is 7.11 Å². The zero-order chi connectivity index (χ0) is 14.0. The summed E-state index contributed by atoms with van der Waals surface area (Å²) < 4.78 is 20.5. The Balaban J connectivity index is 2.43. The van der Waals surface area contributed by atoms with Crippen molar-refractivity contribution < 1.29 is 9.13 Å². The van der Waals surface area contributed by atoms with E-state index in [0.717, 1.165) is 5.69 Å². The van der Waals surface area contributed by atoms with Crippen LogP contribution in [0.4, 0.5) is 4.39 Å². The summed E-state index contributed by atoms with van der Waals surface area (Å²) in [4.78, 5) is 4.10. The molecule has 0 saturated heterocycles. The van der Waals surface area contributed by atoms with Crippen LogP contribution in [-0.2, 0) is 0 Å². The van der Waals surface area contributed by atoms with Crippen LogP contribution in [0.2, 0.25) is 0 Å². The van der Waals surface area contributed by atoms with Crippen LogP contribution in [0.5, 0.6) is 5.75 Å². The molecule has 0 bridgehead atoms. The lowest BCUT2D eigenvalue weighted by molar-refractivity contribution is 0.386. The summed E-state index contributed by atoms with van der Waals surface area (Å²) in [5.74, 6) is 0.0925. The van der Waals surface area contributed by atoms with Gasteiger partial charge in [0.05, 0.1) is 31.0 Å². The highest BCUT2D eigenvalue weighted by atomic mass is 19.1. The summed E-state index contributed by atoms with van der Waals surface area (Å²) in [7, 11) is 1.44. The quantitative estimate of drug-likeness (QED) is 0.922. The number of nitrogens with two attached hydrogens (primary N) is 1. The normalized spacial score (nSPS) is 12.7. The lowest BCUT2D eigenvalue weighted by Crippen LogP contribution is -2.19. The molecule has 1 unspecified atom stereocenters. The lowest BCUT2D eigenvalue weighted by Gasteiger charge is -2.18. The average molecular weight is 263 g/mol. The van der Waals surface area contributed by atoms with Crippen molar-refractivity contribution in [2.24, 2.45) is 11.7 Å². The van der Waals surface area contributed by atoms with Gasteiger partial charge in [0.25, 0.3) is 0 Å². The lowest BCUT2D eigenvalue weighted by atomic mass is 10.0. The molecule has 0 fully saturated rings. The maximum Gasteiger partial charge on any atom is 0.167 e. The molecule has 102 valence electrons. The van der Waals surface area contributed by atoms with Crippen LogP contribution in [0.1, 0.15) is 25.6 Å². The molecular formula is C14H18FN3O. The molecule has 0 aliphatic carbocycles. The Hall–Kier alpha value is -1.88. The summed E-state index contributed by atoms with van der Waals surface area (Å²) in [5, 5.41) is 0. The Morgan fingerprint density at radius 2 is 2.11 bits per heavy atom. The molecule has 0 spiro atoms. The minimum Gasteiger partial charge on any atom is -0.494 e. The first-order valence-electron chi connectivity index (χ1n) is 6.16. The number of methoxy groups -OCH3 is 1. The molecule has 1 aromatic heterocycles. The van der Waals surface area contributed by atoms with Crippen molar-refractivity contribution >= 4 is 0 Å². The standard InChI is InChI=1S/C14H18FN3O/c1-9(2)14(16)12-7-17-8-18(12)10-4-5-13(19-3)11(15)6-10/h4-9,14H,16H2,1-3H3. The summed E-state index contributed by atoms with van der Waals surface area (Å²) in [5.41, 5.74) is 7.68. The van der Waals surface area contributed by atoms with Gasteiger partial charge in [0, 0.05) is 12.1 Å². The molecule has 0 aliphatic rings. The van der Waals surface area contributed by atoms with E-state index in [4.69, 9.17) is 10.5 Å². The first kappa shape index (κ1) is 13.5. The Morgan fingerprint density at radius 1 is 1.37 bits per heavy atom. The molecule has 2 rings (SSSR count). The fraction of sp³-hybridized carbons (Fsp3) is 0.357. The van der Waals surface area contributed by atoms with Crippen molar-refractivity contribution in [3.63, 3.8) is 0 Å². The van der Waals surface area contributed by atoms with E-state index in [2.05, 4.69) is 4.98 Å². The number of aromatic nitrogens is 2. The van der Waals surface area contributed by atoms with Crippen molar-refractivity contribution in [1.29, 1.82) is 0 Å². The molecule has 2 N–H and O–H groups in total. The maximum absolute atomic E-state index is 13.7. The number of hydrogen-bond acceptors (Lipinski definition) is 3. The molecule has 0 aliphatic heterocycles. The number of rotatable bonds is 4. The number of benzene rings is 1. The van der Waals surface area contributed by atoms with Crippen LogP contribution in [0.15, 0.2) is 30.7 Å². The highest BCUT2D eigenvalue weighted by Crippen LogP contribution is 2.24. The molecule has 1 aromatic carbocycles. The molecule has 0 amide bonds. The van der Waals surface area contributed by atoms with Gasteiger partial charge in [0.1, 0.15) is 0 Å². The third-order valence-corrected chi connectivity index (χ3v) is 3.14. The summed E-state index contributed by atoms with van der Waals surface area (Å²) in [6.45, 7) is 4.08. The second-order valence-corrected chi connectivity index (χ2v) is 4.78. The van der Waals surface area contributed by atoms with Gasteiger partial charge >= 0.3 is 0 Å². The Morgan fingerprint density at radius 3 is 2.68 bits per heavy atom. The van der Waals surface area contributed by atoms with Crippen molar-refractivity contribution in [1.82, 2.24) is 9.55 Å². The number of ether oxygens (including phenoxy) is 1. The zero-order valence-corrected chi connectivity index (χ0v) is 11.3. The predicted octanol–water partition coefficient (Wildman–Crippen LogP) is 2.68. The summed E-state index contributed by atoms with van der Waals surface area (Å²) in [6.07, 6.45) is 3.35. The van der Waals surface area contributed by atoms with Gasteiger partial charge in [-0.05, 0) is 18.1 Å². The fourth-order valence-electron chi connectivity index (χ4n) is 1.91. The van der Waals surface area contributed by atoms with Crippen molar-refractivity contribution in [3.05, 3.63) is 42.2 Å². The van der Waals surface area contributed by atoms with Crippen LogP contribution in [-0.4, -0.2) is 16.7 Å². The first-order chi connectivity index (χ1) is 9.04. The van der Waals surface area contributed by atoms with Gasteiger partial charge in [-0.15, -0.1) is 0 Å². The van der Waals surface area contributed by atoms with E-state index in [1.54, 1.807) is 29.2 Å². The van der Waals surface area contributed by atoms with Gasteiger partial charge in [-0.1, -0.05) is 13.8 Å². The predicted molar refractivity (Wildman–Crippen MR) is 71.8 cm³/mol. The third kappa shape index (κ3) is 2.61. The van der Waals surface area contributed by atoms with Gasteiger partial charge in [-0.2, -0.15) is 0 Å². The van der Waals surface area contributed by atoms with Crippen molar-refractivity contribution in [2.45, 2.75) is 19.9 Å². The van der Waals surface area contributed by atoms with Crippen LogP contribution in [0.25, 0.3) is 5.69 Å². The SMILES string of the molecule is COc1ccc(-n2cncc2C(N)C(C)C)cc1F. The molecule has 2 aromatic rings. The third-order valence-electron chi connectivity index (χ3n) is 3.14. The van der Waals surface area contributed by atoms with Crippen LogP contribution >= 0.6 is 0 Å². The zero-order valence-electron chi connectivity index (χ0n) is 11.3. The Kier molecular flexibility index (Phi) is 3.85. The van der Waals surface area contributed by atoms with E-state index < -0.39 is 5.82 Å². The highest BCUT2D eigenvalue weighted by molar-refractivity contribution is 5.40. The Bertz CT molecular complexity index is 566. The Labute approximate surface area is 112 Å². The second kappa shape index (κ2) is 5.40. The van der Waals surface area contributed by atoms with Gasteiger partial charge in [0.2, 0.25) is 0 Å². The molecule has 0 saturated carbocycles. The number of imidazole rings is 1. The minimum absolute atomic E-state index is 0.146. The molecule has 1 atom stereocenters. The monoisotopic (exact) mass is 263 g/mol. The second-order valence-electron chi connectivity index (χ2n) is 4.78. The number of nitrogens with zero attached hydrogens (tertiary/aromatic N) is 2. The number of halogens is 1.